The van der Waals surface area contributed by atoms with Crippen LogP contribution < -0.4 is 4.52 Å². The van der Waals surface area contributed by atoms with Crippen molar-refractivity contribution >= 4 is 26.0 Å². The van der Waals surface area contributed by atoms with Gasteiger partial charge < -0.3 is 9.05 Å². The summed E-state index contributed by atoms with van der Waals surface area (Å²) in [7, 11) is 1.71. The number of para-hydroxylation sites is 1. The molecule has 0 fully saturated rings. The molecule has 1 aromatic carbocycles. The van der Waals surface area contributed by atoms with Gasteiger partial charge in [-0.1, -0.05) is 18.2 Å². The third-order valence-electron chi connectivity index (χ3n) is 1.33. The smallest absolute Gasteiger partial charge is 0.215 e. The summed E-state index contributed by atoms with van der Waals surface area (Å²) in [5, 5.41) is 0. The lowest BCUT2D eigenvalue weighted by molar-refractivity contribution is 0.416. The molecule has 1 aromatic rings. The highest BCUT2D eigenvalue weighted by atomic mass is 79.9. The third kappa shape index (κ3) is 3.53. The van der Waals surface area contributed by atoms with Crippen LogP contribution in [-0.4, -0.2) is 7.11 Å². The minimum absolute atomic E-state index is 0. The second kappa shape index (κ2) is 6.41. The molecule has 0 aromatic heterocycles. The maximum Gasteiger partial charge on any atom is 0.215 e. The van der Waals surface area contributed by atoms with Crippen LogP contribution in [-0.2, 0) is 4.52 Å². The molecule has 0 N–H and O–H groups in total. The first-order valence-electron chi connectivity index (χ1n) is 3.35. The molecule has 0 amide bonds. The Morgan fingerprint density at radius 2 is 1.92 bits per heavy atom. The summed E-state index contributed by atoms with van der Waals surface area (Å²) in [6.45, 7) is 2.01. The summed E-state index contributed by atoms with van der Waals surface area (Å²) in [4.78, 5) is 0. The summed E-state index contributed by atoms with van der Waals surface area (Å²) in [6.07, 6.45) is 0. The van der Waals surface area contributed by atoms with Crippen LogP contribution in [0.1, 0.15) is 5.56 Å². The summed E-state index contributed by atoms with van der Waals surface area (Å²) < 4.78 is 10.1. The van der Waals surface area contributed by atoms with Crippen molar-refractivity contribution < 1.29 is 9.05 Å². The van der Waals surface area contributed by atoms with Crippen LogP contribution >= 0.6 is 26.0 Å². The SMILES string of the molecule is Br.COPOc1ccccc1C. The maximum atomic E-state index is 5.29. The molecule has 0 radical (unpaired) electrons. The molecule has 0 bridgehead atoms. The fraction of sp³-hybridized carbons (Fsp3) is 0.250. The molecule has 2 nitrogen and oxygen atoms in total. The van der Waals surface area contributed by atoms with Crippen molar-refractivity contribution in [3.05, 3.63) is 29.8 Å². The van der Waals surface area contributed by atoms with E-state index in [1.807, 2.05) is 31.2 Å². The van der Waals surface area contributed by atoms with Crippen molar-refractivity contribution in [1.29, 1.82) is 0 Å². The molecule has 1 unspecified atom stereocenters. The molecule has 1 atom stereocenters. The predicted octanol–water partition coefficient (Wildman–Crippen LogP) is 3.11. The van der Waals surface area contributed by atoms with Crippen molar-refractivity contribution in [2.75, 3.05) is 7.11 Å². The van der Waals surface area contributed by atoms with E-state index in [0.717, 1.165) is 11.3 Å². The zero-order chi connectivity index (χ0) is 8.10. The highest BCUT2D eigenvalue weighted by Gasteiger charge is 1.95. The van der Waals surface area contributed by atoms with Gasteiger partial charge in [0.05, 0.1) is 0 Å². The monoisotopic (exact) mass is 250 g/mol. The van der Waals surface area contributed by atoms with Crippen LogP contribution in [0.15, 0.2) is 24.3 Å². The number of halogens is 1. The van der Waals surface area contributed by atoms with Crippen molar-refractivity contribution in [2.45, 2.75) is 6.92 Å². The highest BCUT2D eigenvalue weighted by molar-refractivity contribution is 8.93. The summed E-state index contributed by atoms with van der Waals surface area (Å²) in [6, 6.07) is 7.87. The Bertz CT molecular complexity index is 230. The van der Waals surface area contributed by atoms with Gasteiger partial charge >= 0.3 is 0 Å². The average Bonchev–Trinajstić information content (AvgIpc) is 2.03. The van der Waals surface area contributed by atoms with E-state index in [9.17, 15) is 0 Å². The largest absolute Gasteiger partial charge is 0.449 e. The molecule has 0 aliphatic rings. The molecule has 0 heterocycles. The van der Waals surface area contributed by atoms with Gasteiger partial charge in [0, 0.05) is 7.11 Å². The van der Waals surface area contributed by atoms with Gasteiger partial charge in [0.25, 0.3) is 0 Å². The molecule has 0 spiro atoms. The molecular formula is C8H12BrO2P. The quantitative estimate of drug-likeness (QED) is 0.768. The van der Waals surface area contributed by atoms with Gasteiger partial charge in [-0.3, -0.25) is 0 Å². The number of hydrogen-bond acceptors (Lipinski definition) is 2. The van der Waals surface area contributed by atoms with E-state index in [2.05, 4.69) is 0 Å². The van der Waals surface area contributed by atoms with E-state index in [1.54, 1.807) is 7.11 Å². The second-order valence-electron chi connectivity index (χ2n) is 2.16. The molecule has 1 rings (SSSR count). The lowest BCUT2D eigenvalue weighted by Crippen LogP contribution is -1.82. The van der Waals surface area contributed by atoms with Crippen LogP contribution in [0.4, 0.5) is 0 Å². The Morgan fingerprint density at radius 1 is 1.25 bits per heavy atom. The van der Waals surface area contributed by atoms with Crippen LogP contribution in [0.25, 0.3) is 0 Å². The number of rotatable bonds is 3. The summed E-state index contributed by atoms with van der Waals surface area (Å²) in [5.74, 6) is 0.896. The topological polar surface area (TPSA) is 18.5 Å². The number of hydrogen-bond donors (Lipinski definition) is 0. The van der Waals surface area contributed by atoms with Crippen molar-refractivity contribution in [3.63, 3.8) is 0 Å². The van der Waals surface area contributed by atoms with Crippen LogP contribution in [0.2, 0.25) is 0 Å². The molecule has 0 saturated heterocycles. The van der Waals surface area contributed by atoms with E-state index in [1.165, 1.54) is 0 Å². The number of aryl methyl sites for hydroxylation is 1. The van der Waals surface area contributed by atoms with Gasteiger partial charge in [0.2, 0.25) is 9.03 Å². The summed E-state index contributed by atoms with van der Waals surface area (Å²) >= 11 is 0. The minimum atomic E-state index is 0. The molecule has 68 valence electrons. The van der Waals surface area contributed by atoms with Gasteiger partial charge in [-0.25, -0.2) is 0 Å². The van der Waals surface area contributed by atoms with Gasteiger partial charge in [0.15, 0.2) is 0 Å². The Morgan fingerprint density at radius 3 is 2.50 bits per heavy atom. The van der Waals surface area contributed by atoms with E-state index in [0.29, 0.717) is 0 Å². The number of benzene rings is 1. The summed E-state index contributed by atoms with van der Waals surface area (Å²) in [5.41, 5.74) is 1.14. The van der Waals surface area contributed by atoms with E-state index >= 15 is 0 Å². The molecule has 4 heteroatoms. The average molecular weight is 251 g/mol. The highest BCUT2D eigenvalue weighted by Crippen LogP contribution is 2.23. The molecular weight excluding hydrogens is 239 g/mol. The van der Waals surface area contributed by atoms with Crippen molar-refractivity contribution in [3.8, 4) is 5.75 Å². The van der Waals surface area contributed by atoms with Gasteiger partial charge in [0.1, 0.15) is 5.75 Å². The lowest BCUT2D eigenvalue weighted by atomic mass is 10.2. The molecule has 0 aliphatic heterocycles. The van der Waals surface area contributed by atoms with Gasteiger partial charge in [-0.05, 0) is 18.6 Å². The van der Waals surface area contributed by atoms with Gasteiger partial charge in [-0.15, -0.1) is 17.0 Å². The zero-order valence-electron chi connectivity index (χ0n) is 7.03. The first-order chi connectivity index (χ1) is 5.34. The van der Waals surface area contributed by atoms with E-state index in [4.69, 9.17) is 9.05 Å². The van der Waals surface area contributed by atoms with Crippen LogP contribution in [0, 0.1) is 6.92 Å². The Hall–Kier alpha value is -0.110. The lowest BCUT2D eigenvalue weighted by Gasteiger charge is -2.05. The van der Waals surface area contributed by atoms with Crippen molar-refractivity contribution in [2.24, 2.45) is 0 Å². The second-order valence-corrected chi connectivity index (χ2v) is 2.93. The Balaban J connectivity index is 0.00000121. The van der Waals surface area contributed by atoms with E-state index in [-0.39, 0.29) is 26.0 Å². The first kappa shape index (κ1) is 11.9. The Labute approximate surface area is 85.0 Å². The fourth-order valence-corrected chi connectivity index (χ4v) is 1.16. The first-order valence-corrected chi connectivity index (χ1v) is 4.16. The predicted molar refractivity (Wildman–Crippen MR) is 57.5 cm³/mol. The van der Waals surface area contributed by atoms with Gasteiger partial charge in [-0.2, -0.15) is 0 Å². The third-order valence-corrected chi connectivity index (χ3v) is 1.80. The maximum absolute atomic E-state index is 5.29. The molecule has 0 aliphatic carbocycles. The van der Waals surface area contributed by atoms with Crippen LogP contribution in [0.3, 0.4) is 0 Å². The minimum Gasteiger partial charge on any atom is -0.449 e. The van der Waals surface area contributed by atoms with Crippen LogP contribution in [0.5, 0.6) is 5.75 Å². The fourth-order valence-electron chi connectivity index (χ4n) is 0.757. The zero-order valence-corrected chi connectivity index (χ0v) is 9.75. The Kier molecular flexibility index (Phi) is 6.35. The normalized spacial score (nSPS) is 9.83. The molecule has 12 heavy (non-hydrogen) atoms. The standard InChI is InChI=1S/C8H11O2P.BrH/c1-7-5-3-4-6-8(7)10-11-9-2;/h3-6,11H,1-2H3;1H. The van der Waals surface area contributed by atoms with E-state index < -0.39 is 0 Å². The molecule has 0 saturated carbocycles. The van der Waals surface area contributed by atoms with Crippen molar-refractivity contribution in [1.82, 2.24) is 0 Å².